The highest BCUT2D eigenvalue weighted by Crippen LogP contribution is 2.18. The van der Waals surface area contributed by atoms with Gasteiger partial charge in [0, 0.05) is 17.0 Å². The van der Waals surface area contributed by atoms with Crippen LogP contribution in [0, 0.1) is 5.92 Å². The Kier molecular flexibility index (Phi) is 22.4. The lowest BCUT2D eigenvalue weighted by Crippen LogP contribution is -2.48. The molecule has 0 aliphatic rings. The number of hydrogen-bond acceptors (Lipinski definition) is 5. The molecule has 6 nitrogen and oxygen atoms in total. The minimum absolute atomic E-state index is 0.227. The largest absolute Gasteiger partial charge is 0.325 e. The number of nitrogens with one attached hydrogen (secondary N) is 1. The van der Waals surface area contributed by atoms with Gasteiger partial charge in [-0.25, -0.2) is 10.9 Å². The van der Waals surface area contributed by atoms with Crippen molar-refractivity contribution in [2.75, 3.05) is 5.32 Å². The fourth-order valence-electron chi connectivity index (χ4n) is 5.20. The SMILES string of the molecule is CCCCCCCCCCCCCCCCCCCCCC(=O)N(N)C(=O)C(CCC)C(=O)Nc1ccc(S)cc1. The molecule has 1 rings (SSSR count). The fraction of sp³-hybridized carbons (Fsp3) is 0.735. The molecule has 0 saturated carbocycles. The molecule has 1 unspecified atom stereocenters. The van der Waals surface area contributed by atoms with E-state index in [4.69, 9.17) is 5.84 Å². The maximum atomic E-state index is 12.9. The number of carbonyl (C=O) groups is 3. The Morgan fingerprint density at radius 1 is 0.683 bits per heavy atom. The summed E-state index contributed by atoms with van der Waals surface area (Å²) in [4.78, 5) is 38.9. The highest BCUT2D eigenvalue weighted by molar-refractivity contribution is 7.80. The van der Waals surface area contributed by atoms with Crippen LogP contribution in [0.2, 0.25) is 0 Å². The zero-order valence-electron chi connectivity index (χ0n) is 26.1. The molecule has 1 atom stereocenters. The molecule has 0 fully saturated rings. The summed E-state index contributed by atoms with van der Waals surface area (Å²) in [5.74, 6) is 3.37. The molecule has 0 spiro atoms. The smallest absolute Gasteiger partial charge is 0.256 e. The molecule has 0 aliphatic carbocycles. The first kappa shape index (κ1) is 37.2. The summed E-state index contributed by atoms with van der Waals surface area (Å²) in [6, 6.07) is 6.96. The van der Waals surface area contributed by atoms with Gasteiger partial charge in [0.1, 0.15) is 5.92 Å². The average Bonchev–Trinajstić information content (AvgIpc) is 2.97. The number of amides is 3. The van der Waals surface area contributed by atoms with Gasteiger partial charge >= 0.3 is 0 Å². The zero-order chi connectivity index (χ0) is 30.1. The summed E-state index contributed by atoms with van der Waals surface area (Å²) in [7, 11) is 0. The van der Waals surface area contributed by atoms with E-state index in [1.807, 2.05) is 6.92 Å². The van der Waals surface area contributed by atoms with Gasteiger partial charge in [-0.2, -0.15) is 0 Å². The molecule has 0 aliphatic heterocycles. The first-order valence-electron chi connectivity index (χ1n) is 16.6. The van der Waals surface area contributed by atoms with Crippen LogP contribution in [0.5, 0.6) is 0 Å². The molecule has 3 amide bonds. The molecule has 0 saturated heterocycles. The first-order chi connectivity index (χ1) is 19.9. The Bertz CT molecular complexity index is 831. The third kappa shape index (κ3) is 18.3. The summed E-state index contributed by atoms with van der Waals surface area (Å²) >= 11 is 4.24. The van der Waals surface area contributed by atoms with Gasteiger partial charge in [-0.1, -0.05) is 136 Å². The summed E-state index contributed by atoms with van der Waals surface area (Å²) < 4.78 is 0. The predicted molar refractivity (Wildman–Crippen MR) is 175 cm³/mol. The van der Waals surface area contributed by atoms with Crippen LogP contribution in [-0.4, -0.2) is 22.7 Å². The zero-order valence-corrected chi connectivity index (χ0v) is 27.0. The van der Waals surface area contributed by atoms with Gasteiger partial charge in [0.25, 0.3) is 5.91 Å². The Morgan fingerprint density at radius 2 is 1.10 bits per heavy atom. The number of hydrazine groups is 1. The fourth-order valence-corrected chi connectivity index (χ4v) is 5.34. The molecule has 0 aromatic heterocycles. The van der Waals surface area contributed by atoms with Crippen molar-refractivity contribution in [2.45, 2.75) is 160 Å². The van der Waals surface area contributed by atoms with Crippen molar-refractivity contribution in [3.63, 3.8) is 0 Å². The number of hydrogen-bond donors (Lipinski definition) is 3. The van der Waals surface area contributed by atoms with E-state index in [0.717, 1.165) is 17.7 Å². The van der Waals surface area contributed by atoms with E-state index in [0.29, 0.717) is 30.0 Å². The lowest BCUT2D eigenvalue weighted by atomic mass is 10.0. The maximum absolute atomic E-state index is 12.9. The number of nitrogens with two attached hydrogens (primary N) is 1. The summed E-state index contributed by atoms with van der Waals surface area (Å²) in [5, 5.41) is 3.41. The van der Waals surface area contributed by atoms with E-state index in [2.05, 4.69) is 24.9 Å². The van der Waals surface area contributed by atoms with Crippen LogP contribution in [0.4, 0.5) is 5.69 Å². The van der Waals surface area contributed by atoms with E-state index in [9.17, 15) is 14.4 Å². The quantitative estimate of drug-likeness (QED) is 0.0264. The van der Waals surface area contributed by atoms with Crippen molar-refractivity contribution in [2.24, 2.45) is 11.8 Å². The first-order valence-corrected chi connectivity index (χ1v) is 17.1. The van der Waals surface area contributed by atoms with Gasteiger partial charge in [-0.05, 0) is 37.1 Å². The molecule has 1 aromatic rings. The Balaban J connectivity index is 2.07. The van der Waals surface area contributed by atoms with Crippen LogP contribution < -0.4 is 11.2 Å². The number of rotatable bonds is 25. The van der Waals surface area contributed by atoms with E-state index >= 15 is 0 Å². The van der Waals surface area contributed by atoms with Gasteiger partial charge in [0.05, 0.1) is 0 Å². The summed E-state index contributed by atoms with van der Waals surface area (Å²) in [6.07, 6.45) is 25.7. The molecular formula is C34H59N3O3S. The Hall–Kier alpha value is -1.86. The topological polar surface area (TPSA) is 92.5 Å². The molecule has 0 bridgehead atoms. The third-order valence-corrected chi connectivity index (χ3v) is 8.13. The van der Waals surface area contributed by atoms with Crippen LogP contribution in [0.25, 0.3) is 0 Å². The molecular weight excluding hydrogens is 530 g/mol. The highest BCUT2D eigenvalue weighted by atomic mass is 32.1. The van der Waals surface area contributed by atoms with Gasteiger partial charge < -0.3 is 5.32 Å². The number of nitrogens with zero attached hydrogens (tertiary/aromatic N) is 1. The van der Waals surface area contributed by atoms with Crippen LogP contribution in [-0.2, 0) is 14.4 Å². The number of thiol groups is 1. The van der Waals surface area contributed by atoms with Crippen molar-refractivity contribution >= 4 is 36.0 Å². The minimum Gasteiger partial charge on any atom is -0.325 e. The minimum atomic E-state index is -0.991. The highest BCUT2D eigenvalue weighted by Gasteiger charge is 2.31. The normalized spacial score (nSPS) is 11.8. The monoisotopic (exact) mass is 589 g/mol. The molecule has 234 valence electrons. The van der Waals surface area contributed by atoms with Crippen LogP contribution in [0.3, 0.4) is 0 Å². The molecule has 7 heteroatoms. The van der Waals surface area contributed by atoms with Gasteiger partial charge in [0.2, 0.25) is 11.8 Å². The van der Waals surface area contributed by atoms with Gasteiger partial charge in [-0.3, -0.25) is 14.4 Å². The number of anilines is 1. The molecule has 41 heavy (non-hydrogen) atoms. The van der Waals surface area contributed by atoms with Crippen molar-refractivity contribution in [3.8, 4) is 0 Å². The lowest BCUT2D eigenvalue weighted by molar-refractivity contribution is -0.149. The Labute approximate surface area is 256 Å². The van der Waals surface area contributed by atoms with Gasteiger partial charge in [-0.15, -0.1) is 12.6 Å². The average molecular weight is 590 g/mol. The number of imide groups is 1. The predicted octanol–water partition coefficient (Wildman–Crippen LogP) is 9.38. The molecule has 0 radical (unpaired) electrons. The van der Waals surface area contributed by atoms with Crippen molar-refractivity contribution in [1.82, 2.24) is 5.01 Å². The van der Waals surface area contributed by atoms with Crippen LogP contribution in [0.15, 0.2) is 29.2 Å². The maximum Gasteiger partial charge on any atom is 0.256 e. The van der Waals surface area contributed by atoms with E-state index in [1.165, 1.54) is 103 Å². The van der Waals surface area contributed by atoms with E-state index in [1.54, 1.807) is 24.3 Å². The number of carbonyl (C=O) groups excluding carboxylic acids is 3. The lowest BCUT2D eigenvalue weighted by Gasteiger charge is -2.21. The van der Waals surface area contributed by atoms with Gasteiger partial charge in [0.15, 0.2) is 0 Å². The molecule has 1 aromatic carbocycles. The standard InChI is InChI=1S/C34H59N3O3S/c1-3-5-6-7-8-9-10-11-12-13-14-15-16-17-18-19-20-21-22-24-32(38)37(35)34(40)31(23-4-2)33(39)36-29-25-27-30(41)28-26-29/h25-28,31,41H,3-24,35H2,1-2H3,(H,36,39). The van der Waals surface area contributed by atoms with Crippen molar-refractivity contribution in [1.29, 1.82) is 0 Å². The summed E-state index contributed by atoms with van der Waals surface area (Å²) in [6.45, 7) is 4.17. The number of unbranched alkanes of at least 4 members (excludes halogenated alkanes) is 18. The van der Waals surface area contributed by atoms with Crippen molar-refractivity contribution < 1.29 is 14.4 Å². The van der Waals surface area contributed by atoms with E-state index < -0.39 is 23.6 Å². The van der Waals surface area contributed by atoms with E-state index in [-0.39, 0.29) is 6.42 Å². The third-order valence-electron chi connectivity index (χ3n) is 7.83. The second-order valence-corrected chi connectivity index (χ2v) is 12.1. The second-order valence-electron chi connectivity index (χ2n) is 11.6. The molecule has 3 N–H and O–H groups in total. The van der Waals surface area contributed by atoms with Crippen LogP contribution in [0.1, 0.15) is 155 Å². The second kappa shape index (κ2) is 24.7. The van der Waals surface area contributed by atoms with Crippen molar-refractivity contribution in [3.05, 3.63) is 24.3 Å². The number of benzene rings is 1. The molecule has 0 heterocycles. The van der Waals surface area contributed by atoms with Crippen LogP contribution >= 0.6 is 12.6 Å². The summed E-state index contributed by atoms with van der Waals surface area (Å²) in [5.41, 5.74) is 0.575. The Morgan fingerprint density at radius 3 is 1.51 bits per heavy atom.